The molecule has 1 aliphatic rings. The van der Waals surface area contributed by atoms with Crippen LogP contribution in [0.4, 0.5) is 0 Å². The molecule has 128 valence electrons. The first kappa shape index (κ1) is 17.6. The van der Waals surface area contributed by atoms with E-state index >= 15 is 0 Å². The van der Waals surface area contributed by atoms with E-state index in [4.69, 9.17) is 27.6 Å². The molecule has 2 aromatic rings. The van der Waals surface area contributed by atoms with E-state index in [0.717, 1.165) is 23.4 Å². The van der Waals surface area contributed by atoms with E-state index in [1.807, 2.05) is 0 Å². The number of rotatable bonds is 3. The third-order valence-corrected chi connectivity index (χ3v) is 5.78. The summed E-state index contributed by atoms with van der Waals surface area (Å²) in [5, 5.41) is 0.162. The lowest BCUT2D eigenvalue weighted by molar-refractivity contribution is 0.105. The van der Waals surface area contributed by atoms with Crippen LogP contribution in [0, 0.1) is 0 Å². The average molecular weight is 365 g/mol. The van der Waals surface area contributed by atoms with Gasteiger partial charge in [-0.15, -0.1) is 0 Å². The van der Waals surface area contributed by atoms with Crippen molar-refractivity contribution in [3.8, 4) is 0 Å². The Bertz CT molecular complexity index is 800. The minimum Gasteiger partial charge on any atom is -0.456 e. The van der Waals surface area contributed by atoms with Gasteiger partial charge >= 0.3 is 0 Å². The van der Waals surface area contributed by atoms with Crippen molar-refractivity contribution < 1.29 is 9.21 Å². The smallest absolute Gasteiger partial charge is 0.287 e. The van der Waals surface area contributed by atoms with E-state index in [0.29, 0.717) is 12.2 Å². The first-order chi connectivity index (χ1) is 11.1. The number of hydrogen-bond acceptors (Lipinski definition) is 2. The van der Waals surface area contributed by atoms with Gasteiger partial charge in [0.1, 0.15) is 5.76 Å². The molecule has 1 heterocycles. The Morgan fingerprint density at radius 3 is 2.21 bits per heavy atom. The Balaban J connectivity index is 2.02. The highest BCUT2D eigenvalue weighted by Crippen LogP contribution is 2.47. The van der Waals surface area contributed by atoms with Crippen LogP contribution >= 0.6 is 23.2 Å². The van der Waals surface area contributed by atoms with E-state index in [1.165, 1.54) is 11.1 Å². The van der Waals surface area contributed by atoms with Crippen molar-refractivity contribution in [2.45, 2.75) is 57.8 Å². The normalized spacial score (nSPS) is 18.2. The molecule has 0 atom stereocenters. The maximum absolute atomic E-state index is 11.2. The van der Waals surface area contributed by atoms with Crippen LogP contribution in [0.5, 0.6) is 0 Å². The van der Waals surface area contributed by atoms with Crippen LogP contribution in [0.2, 0.25) is 5.02 Å². The second kappa shape index (κ2) is 5.93. The SMILES string of the molecule is CC1(C)CCC(C)(C)c2cc(Cc3ccc(C(=O)Cl)o3)c(Cl)cc21. The number of furan rings is 1. The second-order valence-corrected chi connectivity index (χ2v) is 8.72. The van der Waals surface area contributed by atoms with Crippen LogP contribution in [-0.2, 0) is 17.3 Å². The van der Waals surface area contributed by atoms with Crippen molar-refractivity contribution in [2.24, 2.45) is 0 Å². The van der Waals surface area contributed by atoms with Crippen molar-refractivity contribution in [1.29, 1.82) is 0 Å². The van der Waals surface area contributed by atoms with Gasteiger partial charge in [-0.3, -0.25) is 4.79 Å². The summed E-state index contributed by atoms with van der Waals surface area (Å²) in [6, 6.07) is 7.71. The Kier molecular flexibility index (Phi) is 4.34. The monoisotopic (exact) mass is 364 g/mol. The van der Waals surface area contributed by atoms with Crippen LogP contribution in [-0.4, -0.2) is 5.24 Å². The molecular weight excluding hydrogens is 343 g/mol. The number of halogens is 2. The van der Waals surface area contributed by atoms with E-state index in [2.05, 4.69) is 39.8 Å². The molecule has 1 aromatic carbocycles. The van der Waals surface area contributed by atoms with Crippen molar-refractivity contribution in [1.82, 2.24) is 0 Å². The predicted octanol–water partition coefficient (Wildman–Crippen LogP) is 6.25. The van der Waals surface area contributed by atoms with Gasteiger partial charge in [0.2, 0.25) is 0 Å². The molecule has 24 heavy (non-hydrogen) atoms. The van der Waals surface area contributed by atoms with Gasteiger partial charge in [-0.1, -0.05) is 45.4 Å². The highest BCUT2D eigenvalue weighted by Gasteiger charge is 2.37. The molecule has 3 rings (SSSR count). The minimum atomic E-state index is -0.583. The zero-order valence-corrected chi connectivity index (χ0v) is 16.0. The Labute approximate surface area is 153 Å². The maximum atomic E-state index is 11.2. The quantitative estimate of drug-likeness (QED) is 0.602. The summed E-state index contributed by atoms with van der Waals surface area (Å²) >= 11 is 12.0. The first-order valence-electron chi connectivity index (χ1n) is 8.22. The Hall–Kier alpha value is -1.25. The van der Waals surface area contributed by atoms with Crippen molar-refractivity contribution in [3.05, 3.63) is 57.5 Å². The molecule has 1 aliphatic carbocycles. The molecule has 0 fully saturated rings. The summed E-state index contributed by atoms with van der Waals surface area (Å²) in [4.78, 5) is 11.2. The van der Waals surface area contributed by atoms with Gasteiger partial charge in [-0.25, -0.2) is 0 Å². The van der Waals surface area contributed by atoms with Gasteiger partial charge in [0, 0.05) is 11.4 Å². The molecule has 0 aliphatic heterocycles. The minimum absolute atomic E-state index is 0.130. The van der Waals surface area contributed by atoms with Gasteiger partial charge in [-0.2, -0.15) is 0 Å². The van der Waals surface area contributed by atoms with Crippen LogP contribution in [0.1, 0.15) is 73.5 Å². The fourth-order valence-corrected chi connectivity index (χ4v) is 3.87. The molecule has 0 saturated carbocycles. The molecule has 0 spiro atoms. The summed E-state index contributed by atoms with van der Waals surface area (Å²) in [6.45, 7) is 9.13. The molecule has 2 nitrogen and oxygen atoms in total. The van der Waals surface area contributed by atoms with E-state index in [1.54, 1.807) is 12.1 Å². The van der Waals surface area contributed by atoms with Crippen molar-refractivity contribution in [2.75, 3.05) is 0 Å². The largest absolute Gasteiger partial charge is 0.456 e. The molecule has 0 bridgehead atoms. The number of carbonyl (C=O) groups excluding carboxylic acids is 1. The third-order valence-electron chi connectivity index (χ3n) is 5.24. The number of benzene rings is 1. The van der Waals surface area contributed by atoms with Gasteiger partial charge < -0.3 is 4.42 Å². The fourth-order valence-electron chi connectivity index (χ4n) is 3.53. The lowest BCUT2D eigenvalue weighted by atomic mass is 9.63. The molecular formula is C20H22Cl2O2. The van der Waals surface area contributed by atoms with Gasteiger partial charge in [0.15, 0.2) is 5.76 Å². The van der Waals surface area contributed by atoms with Crippen molar-refractivity contribution >= 4 is 28.4 Å². The zero-order valence-electron chi connectivity index (χ0n) is 14.5. The van der Waals surface area contributed by atoms with E-state index in [-0.39, 0.29) is 16.6 Å². The lowest BCUT2D eigenvalue weighted by Crippen LogP contribution is -2.34. The summed E-state index contributed by atoms with van der Waals surface area (Å²) < 4.78 is 5.50. The molecule has 0 saturated heterocycles. The highest BCUT2D eigenvalue weighted by atomic mass is 35.5. The summed E-state index contributed by atoms with van der Waals surface area (Å²) in [7, 11) is 0. The van der Waals surface area contributed by atoms with Gasteiger partial charge in [-0.05, 0) is 70.2 Å². The molecule has 0 N–H and O–H groups in total. The third kappa shape index (κ3) is 3.14. The molecule has 4 heteroatoms. The van der Waals surface area contributed by atoms with E-state index in [9.17, 15) is 4.79 Å². The van der Waals surface area contributed by atoms with Crippen molar-refractivity contribution in [3.63, 3.8) is 0 Å². The zero-order chi connectivity index (χ0) is 17.7. The first-order valence-corrected chi connectivity index (χ1v) is 8.98. The average Bonchev–Trinajstić information content (AvgIpc) is 2.94. The number of fused-ring (bicyclic) bond motifs is 1. The highest BCUT2D eigenvalue weighted by molar-refractivity contribution is 6.67. The Morgan fingerprint density at radius 2 is 1.67 bits per heavy atom. The van der Waals surface area contributed by atoms with Crippen LogP contribution in [0.3, 0.4) is 0 Å². The maximum Gasteiger partial charge on any atom is 0.287 e. The fraction of sp³-hybridized carbons (Fsp3) is 0.450. The summed E-state index contributed by atoms with van der Waals surface area (Å²) in [5.41, 5.74) is 3.98. The number of carbonyl (C=O) groups is 1. The van der Waals surface area contributed by atoms with Crippen LogP contribution in [0.15, 0.2) is 28.7 Å². The molecule has 1 aromatic heterocycles. The van der Waals surface area contributed by atoms with Gasteiger partial charge in [0.25, 0.3) is 5.24 Å². The van der Waals surface area contributed by atoms with Crippen LogP contribution < -0.4 is 0 Å². The van der Waals surface area contributed by atoms with E-state index < -0.39 is 5.24 Å². The lowest BCUT2D eigenvalue weighted by Gasteiger charge is -2.42. The molecule has 0 amide bonds. The van der Waals surface area contributed by atoms with Gasteiger partial charge in [0.05, 0.1) is 0 Å². The number of hydrogen-bond donors (Lipinski definition) is 0. The molecule has 0 unspecified atom stereocenters. The molecule has 0 radical (unpaired) electrons. The van der Waals surface area contributed by atoms with Crippen LogP contribution in [0.25, 0.3) is 0 Å². The Morgan fingerprint density at radius 1 is 1.08 bits per heavy atom. The topological polar surface area (TPSA) is 30.2 Å². The second-order valence-electron chi connectivity index (χ2n) is 7.97. The summed E-state index contributed by atoms with van der Waals surface area (Å²) in [5.74, 6) is 0.857. The predicted molar refractivity (Wildman–Crippen MR) is 98.4 cm³/mol. The summed E-state index contributed by atoms with van der Waals surface area (Å²) in [6.07, 6.45) is 2.86. The standard InChI is InChI=1S/C20H22Cl2O2/c1-19(2)7-8-20(3,4)15-11-16(21)12(10-14(15)19)9-13-5-6-17(24-13)18(22)23/h5-6,10-11H,7-9H2,1-4H3.